The maximum absolute atomic E-state index is 2.52. The van der Waals surface area contributed by atoms with Gasteiger partial charge in [0.15, 0.2) is 0 Å². The average molecular weight is 787 g/mol. The summed E-state index contributed by atoms with van der Waals surface area (Å²) in [7, 11) is -2.05. The monoisotopic (exact) mass is 786 g/mol. The summed E-state index contributed by atoms with van der Waals surface area (Å²) < 4.78 is 4.96. The third-order valence-electron chi connectivity index (χ3n) is 13.0. The van der Waals surface area contributed by atoms with E-state index in [9.17, 15) is 0 Å². The predicted octanol–water partition coefficient (Wildman–Crippen LogP) is 15.5. The summed E-state index contributed by atoms with van der Waals surface area (Å²) >= 11 is 0. The molecule has 0 spiro atoms. The number of hydrogen-bond acceptors (Lipinski definition) is 0. The van der Waals surface area contributed by atoms with Gasteiger partial charge in [0.25, 0.3) is 0 Å². The lowest BCUT2D eigenvalue weighted by molar-refractivity contribution is 0.661. The number of nitrogens with zero attached hydrogens (tertiary/aromatic N) is 2. The smallest absolute Gasteiger partial charge is 0.0552 e. The first-order chi connectivity index (χ1) is 29.5. The molecule has 0 N–H and O–H groups in total. The van der Waals surface area contributed by atoms with E-state index in [2.05, 4.69) is 241 Å². The molecule has 0 saturated carbocycles. The fourth-order valence-electron chi connectivity index (χ4n) is 10.3. The minimum Gasteiger partial charge on any atom is -0.309 e. The highest BCUT2D eigenvalue weighted by Gasteiger charge is 2.37. The van der Waals surface area contributed by atoms with Crippen LogP contribution in [0, 0.1) is 0 Å². The fourth-order valence-corrected chi connectivity index (χ4v) is 14.2. The van der Waals surface area contributed by atoms with E-state index in [4.69, 9.17) is 0 Å². The van der Waals surface area contributed by atoms with Gasteiger partial charge in [-0.15, -0.1) is 10.0 Å². The van der Waals surface area contributed by atoms with Crippen molar-refractivity contribution in [3.8, 4) is 22.5 Å². The van der Waals surface area contributed by atoms with E-state index in [0.29, 0.717) is 0 Å². The van der Waals surface area contributed by atoms with Crippen molar-refractivity contribution in [1.82, 2.24) is 9.13 Å². The lowest BCUT2D eigenvalue weighted by Crippen LogP contribution is -2.15. The zero-order valence-corrected chi connectivity index (χ0v) is 34.4. The molecule has 1 aliphatic rings. The number of rotatable bonds is 6. The van der Waals surface area contributed by atoms with Gasteiger partial charge in [0.2, 0.25) is 0 Å². The molecule has 12 rings (SSSR count). The molecule has 2 nitrogen and oxygen atoms in total. The third-order valence-corrected chi connectivity index (χ3v) is 16.9. The van der Waals surface area contributed by atoms with Crippen molar-refractivity contribution in [2.24, 2.45) is 0 Å². The molecule has 0 radical (unpaired) electrons. The summed E-state index contributed by atoms with van der Waals surface area (Å²) in [6.07, 6.45) is 0. The predicted molar refractivity (Wildman–Crippen MR) is 253 cm³/mol. The van der Waals surface area contributed by atoms with Gasteiger partial charge in [-0.1, -0.05) is 141 Å². The molecule has 9 aromatic carbocycles. The van der Waals surface area contributed by atoms with Gasteiger partial charge in [-0.05, 0) is 113 Å². The Kier molecular flexibility index (Phi) is 7.70. The molecule has 286 valence electrons. The number of fused-ring (bicyclic) bond motifs is 9. The summed E-state index contributed by atoms with van der Waals surface area (Å²) in [5, 5.41) is 5.07. The Labute approximate surface area is 351 Å². The van der Waals surface area contributed by atoms with Crippen LogP contribution in [0.15, 0.2) is 238 Å². The highest BCUT2D eigenvalue weighted by molar-refractivity contribution is 8.34. The Hall–Kier alpha value is -7.07. The van der Waals surface area contributed by atoms with Gasteiger partial charge in [-0.3, -0.25) is 0 Å². The summed E-state index contributed by atoms with van der Waals surface area (Å²) in [5.74, 6) is 0. The molecule has 0 saturated heterocycles. The van der Waals surface area contributed by atoms with Crippen LogP contribution in [0.2, 0.25) is 0 Å². The van der Waals surface area contributed by atoms with E-state index in [-0.39, 0.29) is 5.41 Å². The number of benzene rings is 9. The van der Waals surface area contributed by atoms with Crippen LogP contribution in [0.3, 0.4) is 0 Å². The first kappa shape index (κ1) is 34.9. The van der Waals surface area contributed by atoms with Gasteiger partial charge >= 0.3 is 0 Å². The Bertz CT molecular complexity index is 3410. The van der Waals surface area contributed by atoms with Crippen molar-refractivity contribution in [1.29, 1.82) is 0 Å². The van der Waals surface area contributed by atoms with E-state index in [0.717, 1.165) is 11.4 Å². The van der Waals surface area contributed by atoms with Crippen LogP contribution in [0.25, 0.3) is 66.1 Å². The topological polar surface area (TPSA) is 9.86 Å². The second-order valence-corrected chi connectivity index (χ2v) is 19.7. The first-order valence-corrected chi connectivity index (χ1v) is 22.5. The molecule has 2 aromatic heterocycles. The number of aromatic nitrogens is 2. The van der Waals surface area contributed by atoms with Crippen molar-refractivity contribution in [2.45, 2.75) is 38.8 Å². The second-order valence-electron chi connectivity index (χ2n) is 16.5. The highest BCUT2D eigenvalue weighted by atomic mass is 32.3. The van der Waals surface area contributed by atoms with Crippen LogP contribution in [-0.2, 0) is 5.41 Å². The average Bonchev–Trinajstić information content (AvgIpc) is 3.89. The van der Waals surface area contributed by atoms with Gasteiger partial charge in [0.1, 0.15) is 0 Å². The minimum absolute atomic E-state index is 0.107. The highest BCUT2D eigenvalue weighted by Crippen LogP contribution is 2.74. The van der Waals surface area contributed by atoms with E-state index in [1.54, 1.807) is 0 Å². The third kappa shape index (κ3) is 4.90. The lowest BCUT2D eigenvalue weighted by atomic mass is 9.82. The molecule has 0 bridgehead atoms. The molecule has 2 heterocycles. The molecule has 1 aliphatic carbocycles. The molecule has 11 aromatic rings. The van der Waals surface area contributed by atoms with Gasteiger partial charge in [-0.25, -0.2) is 0 Å². The molecule has 0 atom stereocenters. The van der Waals surface area contributed by atoms with Gasteiger partial charge < -0.3 is 9.13 Å². The molecule has 60 heavy (non-hydrogen) atoms. The van der Waals surface area contributed by atoms with Crippen molar-refractivity contribution < 1.29 is 0 Å². The Morgan fingerprint density at radius 3 is 1.52 bits per heavy atom. The standard InChI is InChI=1S/C57H42N2S/c1-57(2)51-30-15-12-27-45(51)49-37-50-47-29-14-17-32-54(47)59(56(50)38-52(49)57)40-21-18-26-43(35-40)60(41-22-8-4-9-23-41,42-24-10-5-11-25-42)44-33-34-48-46-28-13-16-31-53(46)58(55(48)36-44)39-19-6-3-7-20-39/h3-38H,1-2H3. The van der Waals surface area contributed by atoms with E-state index in [1.807, 2.05) is 0 Å². The minimum atomic E-state index is -2.05. The van der Waals surface area contributed by atoms with Crippen LogP contribution in [-0.4, -0.2) is 9.13 Å². The number of para-hydroxylation sites is 3. The summed E-state index contributed by atoms with van der Waals surface area (Å²) in [6, 6.07) is 81.7. The zero-order valence-electron chi connectivity index (χ0n) is 33.6. The molecule has 0 aliphatic heterocycles. The maximum atomic E-state index is 2.52. The Morgan fingerprint density at radius 2 is 0.817 bits per heavy atom. The molecule has 0 unspecified atom stereocenters. The zero-order chi connectivity index (χ0) is 40.0. The van der Waals surface area contributed by atoms with E-state index < -0.39 is 10.0 Å². The van der Waals surface area contributed by atoms with Crippen molar-refractivity contribution in [3.05, 3.63) is 230 Å². The van der Waals surface area contributed by atoms with Gasteiger partial charge in [0, 0.05) is 57.9 Å². The molecular formula is C57H42N2S. The quantitative estimate of drug-likeness (QED) is 0.159. The van der Waals surface area contributed by atoms with E-state index in [1.165, 1.54) is 85.4 Å². The summed E-state index contributed by atoms with van der Waals surface area (Å²) in [5.41, 5.74) is 12.6. The van der Waals surface area contributed by atoms with Gasteiger partial charge in [-0.2, -0.15) is 0 Å². The Morgan fingerprint density at radius 1 is 0.317 bits per heavy atom. The van der Waals surface area contributed by atoms with E-state index >= 15 is 0 Å². The molecular weight excluding hydrogens is 745 g/mol. The fraction of sp³-hybridized carbons (Fsp3) is 0.0526. The van der Waals surface area contributed by atoms with Crippen LogP contribution in [0.1, 0.15) is 25.0 Å². The van der Waals surface area contributed by atoms with Crippen molar-refractivity contribution in [3.63, 3.8) is 0 Å². The van der Waals surface area contributed by atoms with Gasteiger partial charge in [0.05, 0.1) is 22.1 Å². The summed E-state index contributed by atoms with van der Waals surface area (Å²) in [4.78, 5) is 5.19. The first-order valence-electron chi connectivity index (χ1n) is 20.8. The van der Waals surface area contributed by atoms with Crippen LogP contribution >= 0.6 is 10.0 Å². The normalized spacial score (nSPS) is 13.6. The molecule has 0 amide bonds. The SMILES string of the molecule is CC1(C)c2ccccc2-c2cc3c4ccccc4n(-c4cccc(S(c5ccccc5)(c5ccccc5)c5ccc6c7ccccc7n(-c7ccccc7)c6c5)c4)c3cc21. The Balaban J connectivity index is 1.16. The summed E-state index contributed by atoms with van der Waals surface area (Å²) in [6.45, 7) is 4.76. The second kappa shape index (κ2) is 13.2. The molecule has 3 heteroatoms. The van der Waals surface area contributed by atoms with Crippen LogP contribution in [0.5, 0.6) is 0 Å². The lowest BCUT2D eigenvalue weighted by Gasteiger charge is -2.42. The van der Waals surface area contributed by atoms with Crippen LogP contribution < -0.4 is 0 Å². The largest absolute Gasteiger partial charge is 0.309 e. The maximum Gasteiger partial charge on any atom is 0.0552 e. The number of hydrogen-bond donors (Lipinski definition) is 0. The molecule has 0 fully saturated rings. The van der Waals surface area contributed by atoms with Crippen molar-refractivity contribution >= 4 is 53.6 Å². The van der Waals surface area contributed by atoms with Crippen LogP contribution in [0.4, 0.5) is 0 Å². The van der Waals surface area contributed by atoms with Crippen molar-refractivity contribution in [2.75, 3.05) is 0 Å².